The summed E-state index contributed by atoms with van der Waals surface area (Å²) in [5.74, 6) is 0. The van der Waals surface area contributed by atoms with E-state index in [1.54, 1.807) is 12.1 Å². The van der Waals surface area contributed by atoms with Gasteiger partial charge >= 0.3 is 0 Å². The van der Waals surface area contributed by atoms with Gasteiger partial charge < -0.3 is 10.0 Å². The zero-order chi connectivity index (χ0) is 10.8. The van der Waals surface area contributed by atoms with Crippen LogP contribution in [-0.2, 0) is 0 Å². The molecule has 1 saturated heterocycles. The molecular formula is C11H11ClN2O. The zero-order valence-corrected chi connectivity index (χ0v) is 8.91. The average Bonchev–Trinajstić information content (AvgIpc) is 2.65. The van der Waals surface area contributed by atoms with Gasteiger partial charge in [-0.2, -0.15) is 5.26 Å². The van der Waals surface area contributed by atoms with Gasteiger partial charge in [0.05, 0.1) is 16.7 Å². The maximum atomic E-state index is 9.40. The summed E-state index contributed by atoms with van der Waals surface area (Å²) in [7, 11) is 0. The van der Waals surface area contributed by atoms with Crippen molar-refractivity contribution in [1.29, 1.82) is 5.26 Å². The van der Waals surface area contributed by atoms with Crippen LogP contribution in [0.25, 0.3) is 0 Å². The summed E-state index contributed by atoms with van der Waals surface area (Å²) in [6.07, 6.45) is 0.539. The fourth-order valence-electron chi connectivity index (χ4n) is 1.77. The van der Waals surface area contributed by atoms with Crippen LogP contribution >= 0.6 is 11.6 Å². The summed E-state index contributed by atoms with van der Waals surface area (Å²) in [6.45, 7) is 1.48. The minimum absolute atomic E-state index is 0.251. The maximum Gasteiger partial charge on any atom is 0.101 e. The quantitative estimate of drug-likeness (QED) is 0.788. The molecule has 1 aromatic carbocycles. The predicted molar refractivity (Wildman–Crippen MR) is 59.0 cm³/mol. The second-order valence-corrected chi connectivity index (χ2v) is 4.07. The molecule has 0 aromatic heterocycles. The summed E-state index contributed by atoms with van der Waals surface area (Å²) in [6, 6.07) is 7.37. The number of aliphatic hydroxyl groups excluding tert-OH is 1. The number of nitrogens with zero attached hydrogens (tertiary/aromatic N) is 2. The second-order valence-electron chi connectivity index (χ2n) is 3.66. The van der Waals surface area contributed by atoms with Crippen LogP contribution in [0.1, 0.15) is 12.0 Å². The van der Waals surface area contributed by atoms with E-state index < -0.39 is 0 Å². The van der Waals surface area contributed by atoms with E-state index in [0.29, 0.717) is 17.1 Å². The lowest BCUT2D eigenvalue weighted by molar-refractivity contribution is 0.198. The maximum absolute atomic E-state index is 9.40. The van der Waals surface area contributed by atoms with Gasteiger partial charge in [-0.05, 0) is 24.6 Å². The highest BCUT2D eigenvalue weighted by Gasteiger charge is 2.20. The van der Waals surface area contributed by atoms with E-state index in [4.69, 9.17) is 16.9 Å². The van der Waals surface area contributed by atoms with Gasteiger partial charge in [0.25, 0.3) is 0 Å². The van der Waals surface area contributed by atoms with Crippen molar-refractivity contribution in [1.82, 2.24) is 0 Å². The Kier molecular flexibility index (Phi) is 2.81. The molecule has 1 aromatic rings. The van der Waals surface area contributed by atoms with E-state index in [1.165, 1.54) is 0 Å². The molecular weight excluding hydrogens is 212 g/mol. The van der Waals surface area contributed by atoms with E-state index in [2.05, 4.69) is 4.90 Å². The van der Waals surface area contributed by atoms with Crippen molar-refractivity contribution in [3.8, 4) is 6.07 Å². The van der Waals surface area contributed by atoms with Gasteiger partial charge in [-0.3, -0.25) is 0 Å². The Labute approximate surface area is 93.5 Å². The van der Waals surface area contributed by atoms with Crippen LogP contribution in [0.5, 0.6) is 0 Å². The highest BCUT2D eigenvalue weighted by molar-refractivity contribution is 6.32. The number of anilines is 1. The highest BCUT2D eigenvalue weighted by atomic mass is 35.5. The molecule has 2 rings (SSSR count). The molecule has 0 amide bonds. The van der Waals surface area contributed by atoms with Crippen molar-refractivity contribution in [3.05, 3.63) is 28.8 Å². The van der Waals surface area contributed by atoms with Crippen molar-refractivity contribution >= 4 is 17.3 Å². The first kappa shape index (κ1) is 10.3. The van der Waals surface area contributed by atoms with Gasteiger partial charge in [-0.1, -0.05) is 11.6 Å². The topological polar surface area (TPSA) is 47.3 Å². The van der Waals surface area contributed by atoms with Crippen molar-refractivity contribution < 1.29 is 5.11 Å². The van der Waals surface area contributed by atoms with Crippen LogP contribution in [0.2, 0.25) is 5.02 Å². The smallest absolute Gasteiger partial charge is 0.101 e. The molecule has 0 spiro atoms. The molecule has 0 unspecified atom stereocenters. The molecule has 3 nitrogen and oxygen atoms in total. The number of nitriles is 1. The molecule has 0 radical (unpaired) electrons. The Hall–Kier alpha value is -1.24. The normalized spacial score (nSPS) is 20.3. The van der Waals surface area contributed by atoms with E-state index >= 15 is 0 Å². The third-order valence-corrected chi connectivity index (χ3v) is 2.91. The van der Waals surface area contributed by atoms with E-state index in [0.717, 1.165) is 18.7 Å². The molecule has 78 valence electrons. The van der Waals surface area contributed by atoms with E-state index in [9.17, 15) is 5.11 Å². The zero-order valence-electron chi connectivity index (χ0n) is 8.15. The lowest BCUT2D eigenvalue weighted by Gasteiger charge is -2.18. The second kappa shape index (κ2) is 4.09. The Bertz CT molecular complexity index is 414. The summed E-state index contributed by atoms with van der Waals surface area (Å²) < 4.78 is 0. The van der Waals surface area contributed by atoms with E-state index in [1.807, 2.05) is 12.1 Å². The van der Waals surface area contributed by atoms with Crippen LogP contribution in [0.4, 0.5) is 5.69 Å². The molecule has 0 saturated carbocycles. The first-order chi connectivity index (χ1) is 7.20. The van der Waals surface area contributed by atoms with Gasteiger partial charge in [0.1, 0.15) is 6.07 Å². The number of halogens is 1. The first-order valence-electron chi connectivity index (χ1n) is 4.83. The number of rotatable bonds is 1. The van der Waals surface area contributed by atoms with Gasteiger partial charge in [0.15, 0.2) is 0 Å². The summed E-state index contributed by atoms with van der Waals surface area (Å²) in [5, 5.41) is 18.6. The third-order valence-electron chi connectivity index (χ3n) is 2.60. The minimum atomic E-state index is -0.251. The molecule has 0 aliphatic carbocycles. The Balaban J connectivity index is 2.24. The summed E-state index contributed by atoms with van der Waals surface area (Å²) >= 11 is 5.93. The molecule has 15 heavy (non-hydrogen) atoms. The molecule has 1 N–H and O–H groups in total. The summed E-state index contributed by atoms with van der Waals surface area (Å²) in [4.78, 5) is 2.07. The molecule has 1 atom stereocenters. The predicted octanol–water partition coefficient (Wildman–Crippen LogP) is 1.78. The first-order valence-corrected chi connectivity index (χ1v) is 5.21. The molecule has 1 heterocycles. The van der Waals surface area contributed by atoms with Crippen molar-refractivity contribution in [3.63, 3.8) is 0 Å². The van der Waals surface area contributed by atoms with Gasteiger partial charge in [-0.15, -0.1) is 0 Å². The third kappa shape index (κ3) is 2.06. The van der Waals surface area contributed by atoms with Gasteiger partial charge in [0, 0.05) is 18.8 Å². The monoisotopic (exact) mass is 222 g/mol. The number of hydrogen-bond acceptors (Lipinski definition) is 3. The molecule has 0 bridgehead atoms. The number of β-amino-alcohol motifs (C(OH)–C–C–N with tert-alkyl or cyclic N) is 1. The van der Waals surface area contributed by atoms with Gasteiger partial charge in [-0.25, -0.2) is 0 Å². The largest absolute Gasteiger partial charge is 0.391 e. The number of hydrogen-bond donors (Lipinski definition) is 1. The Morgan fingerprint density at radius 1 is 1.53 bits per heavy atom. The number of aliphatic hydroxyl groups is 1. The van der Waals surface area contributed by atoms with Crippen molar-refractivity contribution in [2.45, 2.75) is 12.5 Å². The average molecular weight is 223 g/mol. The molecule has 1 aliphatic heterocycles. The van der Waals surface area contributed by atoms with Gasteiger partial charge in [0.2, 0.25) is 0 Å². The Morgan fingerprint density at radius 3 is 2.87 bits per heavy atom. The van der Waals surface area contributed by atoms with Crippen LogP contribution in [0, 0.1) is 11.3 Å². The number of benzene rings is 1. The lowest BCUT2D eigenvalue weighted by atomic mass is 10.2. The van der Waals surface area contributed by atoms with Crippen LogP contribution < -0.4 is 4.90 Å². The standard InChI is InChI=1S/C11H11ClN2O/c12-11-5-9(2-1-8(11)6-13)14-4-3-10(15)7-14/h1-2,5,10,15H,3-4,7H2/t10-/m1/s1. The van der Waals surface area contributed by atoms with Crippen LogP contribution in [0.3, 0.4) is 0 Å². The molecule has 4 heteroatoms. The fourth-order valence-corrected chi connectivity index (χ4v) is 1.98. The lowest BCUT2D eigenvalue weighted by Crippen LogP contribution is -2.20. The molecule has 1 fully saturated rings. The Morgan fingerprint density at radius 2 is 2.33 bits per heavy atom. The minimum Gasteiger partial charge on any atom is -0.391 e. The fraction of sp³-hybridized carbons (Fsp3) is 0.364. The van der Waals surface area contributed by atoms with Crippen LogP contribution in [-0.4, -0.2) is 24.3 Å². The highest BCUT2D eigenvalue weighted by Crippen LogP contribution is 2.25. The molecule has 1 aliphatic rings. The SMILES string of the molecule is N#Cc1ccc(N2CC[C@@H](O)C2)cc1Cl. The van der Waals surface area contributed by atoms with Crippen molar-refractivity contribution in [2.75, 3.05) is 18.0 Å². The van der Waals surface area contributed by atoms with Crippen molar-refractivity contribution in [2.24, 2.45) is 0 Å². The summed E-state index contributed by atoms with van der Waals surface area (Å²) in [5.41, 5.74) is 1.45. The van der Waals surface area contributed by atoms with Crippen LogP contribution in [0.15, 0.2) is 18.2 Å². The van der Waals surface area contributed by atoms with E-state index in [-0.39, 0.29) is 6.10 Å².